The number of carboxylic acid groups (broad SMARTS) is 6. The number of H-pyrrole nitrogens is 2. The highest BCUT2D eigenvalue weighted by Crippen LogP contribution is 2.36. The molecule has 334 valence electrons. The van der Waals surface area contributed by atoms with Crippen LogP contribution in [0.1, 0.15) is 61.8 Å². The lowest BCUT2D eigenvalue weighted by Gasteiger charge is -2.17. The number of alkyl halides is 3. The molecule has 0 bridgehead atoms. The van der Waals surface area contributed by atoms with Gasteiger partial charge < -0.3 is 72.3 Å². The Morgan fingerprint density at radius 3 is 1.56 bits per heavy atom. The number of aryl methyl sites for hydroxylation is 1. The Kier molecular flexibility index (Phi) is 20.6. The first-order chi connectivity index (χ1) is 28.3. The van der Waals surface area contributed by atoms with Crippen LogP contribution >= 0.6 is 0 Å². The molecule has 2 amide bonds. The molecule has 4 rings (SSSR count). The molecule has 4 aromatic rings. The van der Waals surface area contributed by atoms with Crippen molar-refractivity contribution in [2.75, 3.05) is 0 Å². The number of aromatic nitrogens is 2. The van der Waals surface area contributed by atoms with Gasteiger partial charge in [0.1, 0.15) is 12.1 Å². The van der Waals surface area contributed by atoms with E-state index in [0.29, 0.717) is 0 Å². The molecule has 2 aromatic heterocycles. The van der Waals surface area contributed by atoms with Crippen LogP contribution < -0.4 is 32.3 Å². The zero-order valence-corrected chi connectivity index (χ0v) is 33.1. The molecule has 0 saturated carbocycles. The van der Waals surface area contributed by atoms with Crippen molar-refractivity contribution in [1.29, 1.82) is 0 Å². The Bertz CT molecular complexity index is 2170. The number of aliphatic carboxylic acids is 6. The van der Waals surface area contributed by atoms with Crippen LogP contribution in [0.5, 0.6) is 0 Å². The zero-order chi connectivity index (χ0) is 46.8. The third kappa shape index (κ3) is 18.2. The van der Waals surface area contributed by atoms with E-state index in [4.69, 9.17) is 30.0 Å². The highest BCUT2D eigenvalue weighted by Gasteiger charge is 2.35. The highest BCUT2D eigenvalue weighted by atomic mass is 19.4. The number of hydrogen-bond acceptors (Lipinski definition) is 10. The van der Waals surface area contributed by atoms with Crippen molar-refractivity contribution >= 4 is 69.4 Å². The van der Waals surface area contributed by atoms with Crippen LogP contribution in [-0.4, -0.2) is 102 Å². The van der Waals surface area contributed by atoms with Gasteiger partial charge in [-0.1, -0.05) is 24.3 Å². The van der Waals surface area contributed by atoms with Crippen LogP contribution in [0.4, 0.5) is 13.2 Å². The standard InChI is InChI=1S/C17H18F3N3O5.C17H21N3O5.2C2H4O2/c18-17(19,20)9-2-1-3-11-14(9)8(7-22-11)6-12(16(27)28)23-15(26)10(21)4-5-13(24)25;1-9-3-2-4-11-10(8-19-15(9)11)7-13(17(24)25)20-16(23)12(18)5-6-14(21)22;2*1-2(3)4/h1-3,7,10,12,22H,4-6,21H2,(H,23,26)(H,24,25)(H,27,28);2-4,8,12-13,19H,5-7,18H2,1H3,(H,20,23)(H,21,22)(H,24,25);2*1H3,(H,3,4)/t10-,12-;12-,13-;;/m00../s1. The first-order valence-corrected chi connectivity index (χ1v) is 18.0. The molecule has 20 nitrogen and oxygen atoms in total. The zero-order valence-electron chi connectivity index (χ0n) is 33.1. The van der Waals surface area contributed by atoms with E-state index in [1.165, 1.54) is 18.3 Å². The number of fused-ring (bicyclic) bond motifs is 2. The second kappa shape index (κ2) is 24.2. The average molecular weight is 869 g/mol. The van der Waals surface area contributed by atoms with Gasteiger partial charge >= 0.3 is 30.1 Å². The first-order valence-electron chi connectivity index (χ1n) is 18.0. The Hall–Kier alpha value is -7.01. The number of halogens is 3. The molecule has 2 aromatic carbocycles. The van der Waals surface area contributed by atoms with Crippen LogP contribution in [0.15, 0.2) is 48.8 Å². The fraction of sp³-hybridized carbons (Fsp3) is 0.368. The van der Waals surface area contributed by atoms with Gasteiger partial charge in [0.2, 0.25) is 0 Å². The summed E-state index contributed by atoms with van der Waals surface area (Å²) in [6.45, 7) is 3.90. The lowest BCUT2D eigenvalue weighted by atomic mass is 10.00. The highest BCUT2D eigenvalue weighted by molar-refractivity contribution is 5.91. The van der Waals surface area contributed by atoms with E-state index in [0.717, 1.165) is 41.9 Å². The molecule has 0 aliphatic rings. The van der Waals surface area contributed by atoms with Crippen molar-refractivity contribution < 1.29 is 93.6 Å². The van der Waals surface area contributed by atoms with Gasteiger partial charge in [0.15, 0.2) is 12.1 Å². The monoisotopic (exact) mass is 868 g/mol. The SMILES string of the molecule is CC(=O)[O-].CC(=O)[O-].Cc1cccc2c(C[C@H](NC(=O)[C@@H]([NH3+])CCC(=O)O)C(=O)O)c[nH]c12.[NH3+][C@@H](CCC(=O)O)C(=O)N[C@@H](Cc1c[nH]c2cccc(C(F)(F)F)c12)C(=O)O. The number of carboxylic acids is 6. The van der Waals surface area contributed by atoms with E-state index in [9.17, 15) is 52.2 Å². The predicted octanol–water partition coefficient (Wildman–Crippen LogP) is -1.65. The molecular weight excluding hydrogens is 821 g/mol. The summed E-state index contributed by atoms with van der Waals surface area (Å²) in [4.78, 5) is 91.9. The summed E-state index contributed by atoms with van der Waals surface area (Å²) >= 11 is 0. The number of carbonyl (C=O) groups excluding carboxylic acids is 4. The van der Waals surface area contributed by atoms with Crippen molar-refractivity contribution in [3.8, 4) is 0 Å². The Labute approximate surface area is 344 Å². The molecule has 0 saturated heterocycles. The number of hydrogen-bond donors (Lipinski definition) is 10. The van der Waals surface area contributed by atoms with Gasteiger partial charge in [0.25, 0.3) is 11.8 Å². The van der Waals surface area contributed by atoms with Gasteiger partial charge in [0, 0.05) is 71.8 Å². The minimum atomic E-state index is -4.63. The quantitative estimate of drug-likeness (QED) is 0.0604. The summed E-state index contributed by atoms with van der Waals surface area (Å²) in [5.74, 6) is -8.26. The van der Waals surface area contributed by atoms with E-state index < -0.39 is 83.5 Å². The van der Waals surface area contributed by atoms with Gasteiger partial charge in [-0.05, 0) is 49.6 Å². The number of aromatic amines is 2. The van der Waals surface area contributed by atoms with Gasteiger partial charge in [-0.3, -0.25) is 19.2 Å². The minimum Gasteiger partial charge on any atom is -0.550 e. The maximum absolute atomic E-state index is 13.3. The maximum atomic E-state index is 13.3. The van der Waals surface area contributed by atoms with Gasteiger partial charge in [-0.25, -0.2) is 9.59 Å². The molecule has 61 heavy (non-hydrogen) atoms. The summed E-state index contributed by atoms with van der Waals surface area (Å²) in [6.07, 6.45) is -2.44. The fourth-order valence-electron chi connectivity index (χ4n) is 5.46. The normalized spacial score (nSPS) is 12.7. The lowest BCUT2D eigenvalue weighted by molar-refractivity contribution is -0.405. The summed E-state index contributed by atoms with van der Waals surface area (Å²) in [6, 6.07) is 4.87. The first kappa shape index (κ1) is 52.0. The predicted molar refractivity (Wildman–Crippen MR) is 201 cm³/mol. The average Bonchev–Trinajstić information content (AvgIpc) is 3.76. The van der Waals surface area contributed by atoms with Crippen LogP contribution in [0, 0.1) is 6.92 Å². The Morgan fingerprint density at radius 1 is 0.705 bits per heavy atom. The van der Waals surface area contributed by atoms with E-state index in [2.05, 4.69) is 32.1 Å². The van der Waals surface area contributed by atoms with Gasteiger partial charge in [-0.15, -0.1) is 0 Å². The smallest absolute Gasteiger partial charge is 0.417 e. The fourth-order valence-corrected chi connectivity index (χ4v) is 5.46. The van der Waals surface area contributed by atoms with Gasteiger partial charge in [-0.2, -0.15) is 13.2 Å². The molecule has 0 aliphatic carbocycles. The maximum Gasteiger partial charge on any atom is 0.417 e. The molecule has 14 N–H and O–H groups in total. The van der Waals surface area contributed by atoms with E-state index in [-0.39, 0.29) is 55.0 Å². The topological polar surface area (TPSA) is 375 Å². The number of benzene rings is 2. The number of nitrogens with one attached hydrogen (secondary N) is 4. The summed E-state index contributed by atoms with van der Waals surface area (Å²) < 4.78 is 39.8. The molecule has 0 radical (unpaired) electrons. The molecule has 0 spiro atoms. The molecule has 23 heteroatoms. The number of quaternary nitrogens is 2. The largest absolute Gasteiger partial charge is 0.550 e. The van der Waals surface area contributed by atoms with E-state index in [1.807, 2.05) is 25.1 Å². The number of rotatable bonds is 16. The Balaban J connectivity index is 0.000000520. The van der Waals surface area contributed by atoms with Crippen LogP contribution in [0.25, 0.3) is 21.8 Å². The number of amides is 2. The van der Waals surface area contributed by atoms with Crippen molar-refractivity contribution in [1.82, 2.24) is 20.6 Å². The Morgan fingerprint density at radius 2 is 1.13 bits per heavy atom. The van der Waals surface area contributed by atoms with Crippen LogP contribution in [0.2, 0.25) is 0 Å². The van der Waals surface area contributed by atoms with Crippen molar-refractivity contribution in [3.05, 3.63) is 71.0 Å². The van der Waals surface area contributed by atoms with Crippen molar-refractivity contribution in [2.24, 2.45) is 0 Å². The number of para-hydroxylation sites is 1. The summed E-state index contributed by atoms with van der Waals surface area (Å²) in [5.41, 5.74) is 9.24. The molecule has 2 heterocycles. The number of carbonyl (C=O) groups is 8. The van der Waals surface area contributed by atoms with E-state index >= 15 is 0 Å². The second-order valence-electron chi connectivity index (χ2n) is 13.3. The van der Waals surface area contributed by atoms with Crippen LogP contribution in [0.3, 0.4) is 0 Å². The van der Waals surface area contributed by atoms with Crippen LogP contribution in [-0.2, 0) is 57.4 Å². The van der Waals surface area contributed by atoms with Gasteiger partial charge in [0.05, 0.1) is 18.4 Å². The summed E-state index contributed by atoms with van der Waals surface area (Å²) in [5, 5.41) is 59.2. The molecule has 0 fully saturated rings. The lowest BCUT2D eigenvalue weighted by Crippen LogP contribution is -2.68. The van der Waals surface area contributed by atoms with Crippen molar-refractivity contribution in [3.63, 3.8) is 0 Å². The molecule has 0 aliphatic heterocycles. The van der Waals surface area contributed by atoms with Crippen molar-refractivity contribution in [2.45, 2.75) is 89.6 Å². The third-order valence-electron chi connectivity index (χ3n) is 8.33. The molecule has 4 atom stereocenters. The second-order valence-corrected chi connectivity index (χ2v) is 13.3. The van der Waals surface area contributed by atoms with E-state index in [1.54, 1.807) is 6.20 Å². The third-order valence-corrected chi connectivity index (χ3v) is 8.33. The minimum absolute atomic E-state index is 0.0553. The molecule has 0 unspecified atom stereocenters. The molecular formula is C38H47F3N6O14. The summed E-state index contributed by atoms with van der Waals surface area (Å²) in [7, 11) is 0.